The molecule has 1 atom stereocenters. The predicted octanol–water partition coefficient (Wildman–Crippen LogP) is 2.08. The zero-order chi connectivity index (χ0) is 14.5. The monoisotopic (exact) mass is 274 g/mol. The number of amides is 1. The van der Waals surface area contributed by atoms with Gasteiger partial charge in [0.15, 0.2) is 0 Å². The second kappa shape index (κ2) is 6.66. The minimum absolute atomic E-state index is 0.314. The van der Waals surface area contributed by atoms with Crippen molar-refractivity contribution in [3.63, 3.8) is 0 Å². The fourth-order valence-corrected chi connectivity index (χ4v) is 2.99. The number of benzene rings is 1. The van der Waals surface area contributed by atoms with Crippen LogP contribution in [-0.2, 0) is 4.79 Å². The quantitative estimate of drug-likeness (QED) is 0.836. The van der Waals surface area contributed by atoms with E-state index in [-0.39, 0.29) is 0 Å². The summed E-state index contributed by atoms with van der Waals surface area (Å²) in [6, 6.07) is 6.54. The van der Waals surface area contributed by atoms with E-state index < -0.39 is 0 Å². The molecular formula is C16H22N2O2. The maximum atomic E-state index is 10.8. The number of hydrogen-bond donors (Lipinski definition) is 1. The van der Waals surface area contributed by atoms with Crippen LogP contribution in [0, 0.1) is 6.92 Å². The Balaban J connectivity index is 2.03. The Morgan fingerprint density at radius 3 is 2.55 bits per heavy atom. The molecule has 1 N–H and O–H groups in total. The summed E-state index contributed by atoms with van der Waals surface area (Å²) in [4.78, 5) is 23.7. The van der Waals surface area contributed by atoms with Crippen molar-refractivity contribution >= 4 is 12.7 Å². The lowest BCUT2D eigenvalue weighted by atomic mass is 9.96. The van der Waals surface area contributed by atoms with Gasteiger partial charge in [-0.15, -0.1) is 0 Å². The van der Waals surface area contributed by atoms with Crippen LogP contribution in [0.1, 0.15) is 47.3 Å². The highest BCUT2D eigenvalue weighted by Gasteiger charge is 2.23. The topological polar surface area (TPSA) is 49.4 Å². The third-order valence-corrected chi connectivity index (χ3v) is 4.26. The van der Waals surface area contributed by atoms with Crippen LogP contribution in [0.5, 0.6) is 0 Å². The van der Waals surface area contributed by atoms with Gasteiger partial charge < -0.3 is 5.32 Å². The normalized spacial score (nSPS) is 18.5. The number of hydrogen-bond acceptors (Lipinski definition) is 3. The van der Waals surface area contributed by atoms with Crippen LogP contribution in [0.3, 0.4) is 0 Å². The van der Waals surface area contributed by atoms with E-state index in [0.29, 0.717) is 12.1 Å². The van der Waals surface area contributed by atoms with Crippen molar-refractivity contribution < 1.29 is 9.59 Å². The number of nitrogens with zero attached hydrogens (tertiary/aromatic N) is 1. The van der Waals surface area contributed by atoms with Crippen LogP contribution in [0.4, 0.5) is 0 Å². The van der Waals surface area contributed by atoms with Gasteiger partial charge in [-0.25, -0.2) is 0 Å². The van der Waals surface area contributed by atoms with Crippen LogP contribution >= 0.6 is 0 Å². The zero-order valence-corrected chi connectivity index (χ0v) is 12.1. The second-order valence-corrected chi connectivity index (χ2v) is 5.50. The largest absolute Gasteiger partial charge is 0.356 e. The van der Waals surface area contributed by atoms with Crippen molar-refractivity contribution in [1.82, 2.24) is 10.2 Å². The van der Waals surface area contributed by atoms with Crippen LogP contribution in [-0.4, -0.2) is 36.7 Å². The fourth-order valence-electron chi connectivity index (χ4n) is 2.99. The molecule has 0 spiro atoms. The van der Waals surface area contributed by atoms with Crippen molar-refractivity contribution in [2.45, 2.75) is 38.8 Å². The van der Waals surface area contributed by atoms with E-state index in [1.165, 1.54) is 5.56 Å². The molecule has 108 valence electrons. The average molecular weight is 274 g/mol. The van der Waals surface area contributed by atoms with Gasteiger partial charge in [-0.05, 0) is 43.9 Å². The molecule has 1 fully saturated rings. The maximum Gasteiger partial charge on any atom is 0.207 e. The van der Waals surface area contributed by atoms with Gasteiger partial charge in [-0.2, -0.15) is 0 Å². The van der Waals surface area contributed by atoms with Crippen LogP contribution < -0.4 is 5.32 Å². The Labute approximate surface area is 120 Å². The van der Waals surface area contributed by atoms with Crippen LogP contribution in [0.2, 0.25) is 0 Å². The SMILES string of the molecule is Cc1cc(C=O)ccc1C(C)N1CCC(NC=O)CC1. The first-order valence-corrected chi connectivity index (χ1v) is 7.15. The molecule has 1 aromatic carbocycles. The molecular weight excluding hydrogens is 252 g/mol. The number of likely N-dealkylation sites (tertiary alicyclic amines) is 1. The summed E-state index contributed by atoms with van der Waals surface area (Å²) < 4.78 is 0. The molecule has 1 saturated heterocycles. The molecule has 0 saturated carbocycles. The van der Waals surface area contributed by atoms with Crippen molar-refractivity contribution in [3.8, 4) is 0 Å². The number of carbonyl (C=O) groups is 2. The second-order valence-electron chi connectivity index (χ2n) is 5.50. The van der Waals surface area contributed by atoms with Gasteiger partial charge in [-0.1, -0.05) is 12.1 Å². The highest BCUT2D eigenvalue weighted by Crippen LogP contribution is 2.26. The van der Waals surface area contributed by atoms with Crippen molar-refractivity contribution in [2.24, 2.45) is 0 Å². The molecule has 1 aliphatic heterocycles. The van der Waals surface area contributed by atoms with Gasteiger partial charge in [0.05, 0.1) is 0 Å². The molecule has 0 radical (unpaired) electrons. The molecule has 1 amide bonds. The molecule has 4 heteroatoms. The van der Waals surface area contributed by atoms with E-state index in [9.17, 15) is 9.59 Å². The van der Waals surface area contributed by atoms with Gasteiger partial charge in [0.1, 0.15) is 6.29 Å². The summed E-state index contributed by atoms with van der Waals surface area (Å²) >= 11 is 0. The minimum Gasteiger partial charge on any atom is -0.356 e. The van der Waals surface area contributed by atoms with Crippen LogP contribution in [0.25, 0.3) is 0 Å². The summed E-state index contributed by atoms with van der Waals surface area (Å²) in [5.41, 5.74) is 3.17. The third kappa shape index (κ3) is 3.25. The van der Waals surface area contributed by atoms with Gasteiger partial charge in [0.2, 0.25) is 6.41 Å². The van der Waals surface area contributed by atoms with Crippen molar-refractivity contribution in [2.75, 3.05) is 13.1 Å². The lowest BCUT2D eigenvalue weighted by Crippen LogP contribution is -2.43. The predicted molar refractivity (Wildman–Crippen MR) is 78.8 cm³/mol. The molecule has 1 unspecified atom stereocenters. The Morgan fingerprint density at radius 2 is 2.00 bits per heavy atom. The number of nitrogens with one attached hydrogen (secondary N) is 1. The first-order chi connectivity index (χ1) is 9.65. The van der Waals surface area contributed by atoms with Gasteiger partial charge in [0, 0.05) is 30.7 Å². The fraction of sp³-hybridized carbons (Fsp3) is 0.500. The molecule has 0 aliphatic carbocycles. The van der Waals surface area contributed by atoms with Crippen molar-refractivity contribution in [3.05, 3.63) is 34.9 Å². The van der Waals surface area contributed by atoms with E-state index in [0.717, 1.165) is 49.8 Å². The smallest absolute Gasteiger partial charge is 0.207 e. The molecule has 1 aromatic rings. The highest BCUT2D eigenvalue weighted by atomic mass is 16.1. The lowest BCUT2D eigenvalue weighted by Gasteiger charge is -2.36. The molecule has 0 bridgehead atoms. The number of rotatable bonds is 5. The highest BCUT2D eigenvalue weighted by molar-refractivity contribution is 5.75. The van der Waals surface area contributed by atoms with Crippen molar-refractivity contribution in [1.29, 1.82) is 0 Å². The Kier molecular flexibility index (Phi) is 4.90. The van der Waals surface area contributed by atoms with Gasteiger partial charge >= 0.3 is 0 Å². The number of aryl methyl sites for hydroxylation is 1. The van der Waals surface area contributed by atoms with E-state index in [4.69, 9.17) is 0 Å². The summed E-state index contributed by atoms with van der Waals surface area (Å²) in [6.07, 6.45) is 3.67. The summed E-state index contributed by atoms with van der Waals surface area (Å²) in [6.45, 7) is 6.24. The van der Waals surface area contributed by atoms with Gasteiger partial charge in [0.25, 0.3) is 0 Å². The first-order valence-electron chi connectivity index (χ1n) is 7.15. The average Bonchev–Trinajstić information content (AvgIpc) is 2.47. The molecule has 1 aliphatic rings. The zero-order valence-electron chi connectivity index (χ0n) is 12.1. The third-order valence-electron chi connectivity index (χ3n) is 4.26. The number of aldehydes is 1. The van der Waals surface area contributed by atoms with Gasteiger partial charge in [-0.3, -0.25) is 14.5 Å². The lowest BCUT2D eigenvalue weighted by molar-refractivity contribution is -0.110. The summed E-state index contributed by atoms with van der Waals surface area (Å²) in [7, 11) is 0. The number of piperidine rings is 1. The maximum absolute atomic E-state index is 10.8. The Bertz CT molecular complexity index is 479. The molecule has 1 heterocycles. The standard InChI is InChI=1S/C16H22N2O2/c1-12-9-14(10-19)3-4-16(12)13(2)18-7-5-15(6-8-18)17-11-20/h3-4,9-11,13,15H,5-8H2,1-2H3,(H,17,20). The van der Waals surface area contributed by atoms with E-state index >= 15 is 0 Å². The molecule has 2 rings (SSSR count). The summed E-state index contributed by atoms with van der Waals surface area (Å²) in [5.74, 6) is 0. The van der Waals surface area contributed by atoms with E-state index in [1.807, 2.05) is 12.1 Å². The molecule has 0 aromatic heterocycles. The van der Waals surface area contributed by atoms with E-state index in [1.54, 1.807) is 0 Å². The van der Waals surface area contributed by atoms with E-state index in [2.05, 4.69) is 30.1 Å². The minimum atomic E-state index is 0.314. The molecule has 4 nitrogen and oxygen atoms in total. The Morgan fingerprint density at radius 1 is 1.30 bits per heavy atom. The summed E-state index contributed by atoms with van der Waals surface area (Å²) in [5, 5.41) is 2.86. The number of carbonyl (C=O) groups excluding carboxylic acids is 2. The molecule has 20 heavy (non-hydrogen) atoms. The van der Waals surface area contributed by atoms with Crippen LogP contribution in [0.15, 0.2) is 18.2 Å². The first kappa shape index (κ1) is 14.7. The Hall–Kier alpha value is -1.68.